The second kappa shape index (κ2) is 6.13. The van der Waals surface area contributed by atoms with Crippen molar-refractivity contribution >= 4 is 5.97 Å². The van der Waals surface area contributed by atoms with Gasteiger partial charge in [0.25, 0.3) is 0 Å². The zero-order valence-corrected chi connectivity index (χ0v) is 16.6. The van der Waals surface area contributed by atoms with Crippen molar-refractivity contribution in [1.82, 2.24) is 0 Å². The number of carbonyl (C=O) groups is 1. The third kappa shape index (κ3) is 2.61. The fourth-order valence-electron chi connectivity index (χ4n) is 7.88. The molecule has 4 aliphatic carbocycles. The molecule has 140 valence electrons. The molecule has 4 rings (SSSR count). The minimum absolute atomic E-state index is 0.0967. The largest absolute Gasteiger partial charge is 0.463 e. The van der Waals surface area contributed by atoms with Crippen LogP contribution in [0.15, 0.2) is 11.6 Å². The van der Waals surface area contributed by atoms with Crippen LogP contribution in [0.25, 0.3) is 0 Å². The Labute approximate surface area is 153 Å². The third-order valence-electron chi connectivity index (χ3n) is 9.15. The van der Waals surface area contributed by atoms with Crippen LogP contribution in [-0.2, 0) is 9.53 Å². The highest BCUT2D eigenvalue weighted by Gasteiger charge is 2.59. The summed E-state index contributed by atoms with van der Waals surface area (Å²) in [5.74, 6) is 3.42. The van der Waals surface area contributed by atoms with E-state index in [2.05, 4.69) is 26.8 Å². The number of fused-ring (bicyclic) bond motifs is 5. The molecular formula is C23H36O2. The van der Waals surface area contributed by atoms with Crippen molar-refractivity contribution < 1.29 is 9.53 Å². The predicted molar refractivity (Wildman–Crippen MR) is 101 cm³/mol. The first-order chi connectivity index (χ1) is 11.9. The minimum Gasteiger partial charge on any atom is -0.463 e. The lowest BCUT2D eigenvalue weighted by Gasteiger charge is -2.60. The molecule has 4 saturated carbocycles. The van der Waals surface area contributed by atoms with E-state index in [1.165, 1.54) is 44.9 Å². The molecule has 0 aromatic heterocycles. The van der Waals surface area contributed by atoms with E-state index in [1.807, 2.05) is 0 Å². The van der Waals surface area contributed by atoms with Crippen molar-refractivity contribution in [3.8, 4) is 0 Å². The van der Waals surface area contributed by atoms with Gasteiger partial charge in [-0.05, 0) is 99.2 Å². The summed E-state index contributed by atoms with van der Waals surface area (Å²) in [6, 6.07) is 0. The predicted octanol–water partition coefficient (Wildman–Crippen LogP) is 5.91. The zero-order valence-electron chi connectivity index (χ0n) is 16.6. The summed E-state index contributed by atoms with van der Waals surface area (Å²) in [5, 5.41) is 0. The zero-order chi connectivity index (χ0) is 17.8. The second-order valence-corrected chi connectivity index (χ2v) is 9.97. The van der Waals surface area contributed by atoms with Crippen LogP contribution in [0.1, 0.15) is 85.5 Å². The van der Waals surface area contributed by atoms with Gasteiger partial charge in [0.15, 0.2) is 0 Å². The van der Waals surface area contributed by atoms with E-state index in [9.17, 15) is 4.79 Å². The van der Waals surface area contributed by atoms with Crippen LogP contribution in [0.4, 0.5) is 0 Å². The maximum atomic E-state index is 11.4. The Bertz CT molecular complexity index is 579. The molecule has 0 unspecified atom stereocenters. The minimum atomic E-state index is -0.0967. The lowest BCUT2D eigenvalue weighted by Crippen LogP contribution is -2.53. The van der Waals surface area contributed by atoms with E-state index in [-0.39, 0.29) is 12.1 Å². The van der Waals surface area contributed by atoms with Crippen LogP contribution >= 0.6 is 0 Å². The van der Waals surface area contributed by atoms with Crippen molar-refractivity contribution in [2.45, 2.75) is 91.6 Å². The van der Waals surface area contributed by atoms with Crippen molar-refractivity contribution in [2.24, 2.45) is 34.5 Å². The van der Waals surface area contributed by atoms with Crippen LogP contribution in [-0.4, -0.2) is 12.1 Å². The summed E-state index contributed by atoms with van der Waals surface area (Å²) >= 11 is 0. The molecule has 0 heterocycles. The van der Waals surface area contributed by atoms with E-state index < -0.39 is 0 Å². The van der Waals surface area contributed by atoms with Crippen LogP contribution < -0.4 is 0 Å². The molecule has 0 radical (unpaired) electrons. The molecule has 0 bridgehead atoms. The highest BCUT2D eigenvalue weighted by Crippen LogP contribution is 2.67. The molecule has 0 amide bonds. The van der Waals surface area contributed by atoms with E-state index in [1.54, 1.807) is 12.5 Å². The number of ether oxygens (including phenoxy) is 1. The summed E-state index contributed by atoms with van der Waals surface area (Å²) in [5.41, 5.74) is 2.73. The van der Waals surface area contributed by atoms with Gasteiger partial charge >= 0.3 is 5.97 Å². The van der Waals surface area contributed by atoms with Gasteiger partial charge in [-0.3, -0.25) is 4.79 Å². The smallest absolute Gasteiger partial charge is 0.302 e. The van der Waals surface area contributed by atoms with Gasteiger partial charge in [-0.25, -0.2) is 0 Å². The molecule has 7 atom stereocenters. The number of esters is 1. The maximum Gasteiger partial charge on any atom is 0.302 e. The Morgan fingerprint density at radius 1 is 1.08 bits per heavy atom. The van der Waals surface area contributed by atoms with Gasteiger partial charge in [0.1, 0.15) is 6.10 Å². The van der Waals surface area contributed by atoms with E-state index >= 15 is 0 Å². The lowest BCUT2D eigenvalue weighted by atomic mass is 9.45. The van der Waals surface area contributed by atoms with Gasteiger partial charge in [0, 0.05) is 6.92 Å². The topological polar surface area (TPSA) is 26.3 Å². The maximum absolute atomic E-state index is 11.4. The quantitative estimate of drug-likeness (QED) is 0.437. The molecule has 0 saturated heterocycles. The number of rotatable bonds is 1. The summed E-state index contributed by atoms with van der Waals surface area (Å²) in [4.78, 5) is 11.4. The average Bonchev–Trinajstić information content (AvgIpc) is 2.91. The first kappa shape index (κ1) is 17.6. The summed E-state index contributed by atoms with van der Waals surface area (Å²) < 4.78 is 5.59. The Balaban J connectivity index is 1.55. The van der Waals surface area contributed by atoms with Gasteiger partial charge in [-0.1, -0.05) is 25.5 Å². The Morgan fingerprint density at radius 3 is 2.60 bits per heavy atom. The molecule has 0 aromatic carbocycles. The van der Waals surface area contributed by atoms with Gasteiger partial charge in [-0.15, -0.1) is 0 Å². The highest BCUT2D eigenvalue weighted by molar-refractivity contribution is 5.66. The molecule has 0 spiro atoms. The molecule has 25 heavy (non-hydrogen) atoms. The SMILES string of the molecule is CC=C1CC[C@H]2[C@@H]3CC[C@@H]4C[C@H](OC(C)=O)CC[C@]4(C)[C@H]3CC[C@]12C. The van der Waals surface area contributed by atoms with Crippen molar-refractivity contribution in [2.75, 3.05) is 0 Å². The summed E-state index contributed by atoms with van der Waals surface area (Å²) in [6.45, 7) is 8.98. The van der Waals surface area contributed by atoms with Crippen LogP contribution in [0.3, 0.4) is 0 Å². The van der Waals surface area contributed by atoms with Crippen LogP contribution in [0.2, 0.25) is 0 Å². The summed E-state index contributed by atoms with van der Waals surface area (Å²) in [7, 11) is 0. The fourth-order valence-corrected chi connectivity index (χ4v) is 7.88. The van der Waals surface area contributed by atoms with Crippen molar-refractivity contribution in [1.29, 1.82) is 0 Å². The Hall–Kier alpha value is -0.790. The first-order valence-corrected chi connectivity index (χ1v) is 10.7. The van der Waals surface area contributed by atoms with Crippen molar-refractivity contribution in [3.05, 3.63) is 11.6 Å². The van der Waals surface area contributed by atoms with Gasteiger partial charge < -0.3 is 4.74 Å². The number of hydrogen-bond acceptors (Lipinski definition) is 2. The van der Waals surface area contributed by atoms with Crippen LogP contribution in [0, 0.1) is 34.5 Å². The Morgan fingerprint density at radius 2 is 1.88 bits per heavy atom. The molecule has 2 heteroatoms. The lowest BCUT2D eigenvalue weighted by molar-refractivity contribution is -0.158. The van der Waals surface area contributed by atoms with E-state index in [0.717, 1.165) is 36.5 Å². The van der Waals surface area contributed by atoms with E-state index in [4.69, 9.17) is 4.74 Å². The molecule has 0 aliphatic heterocycles. The second-order valence-electron chi connectivity index (χ2n) is 9.97. The number of carbonyl (C=O) groups excluding carboxylic acids is 1. The molecule has 4 fully saturated rings. The normalized spacial score (nSPS) is 50.7. The molecule has 0 aromatic rings. The standard InChI is InChI=1S/C23H36O2/c1-5-16-7-9-20-19-8-6-17-14-18(25-15(2)24)10-12-23(17,4)21(19)11-13-22(16,20)3/h5,17-21H,6-14H2,1-4H3/t17-,18-,19+,20+,21+,22-,23+/m1/s1. The van der Waals surface area contributed by atoms with Crippen LogP contribution in [0.5, 0.6) is 0 Å². The summed E-state index contributed by atoms with van der Waals surface area (Å²) in [6.07, 6.45) is 14.4. The average molecular weight is 345 g/mol. The van der Waals surface area contributed by atoms with E-state index in [0.29, 0.717) is 10.8 Å². The van der Waals surface area contributed by atoms with Gasteiger partial charge in [0.05, 0.1) is 0 Å². The number of hydrogen-bond donors (Lipinski definition) is 0. The molecular weight excluding hydrogens is 308 g/mol. The highest BCUT2D eigenvalue weighted by atomic mass is 16.5. The molecule has 0 N–H and O–H groups in total. The Kier molecular flexibility index (Phi) is 4.32. The van der Waals surface area contributed by atoms with Crippen molar-refractivity contribution in [3.63, 3.8) is 0 Å². The fraction of sp³-hybridized carbons (Fsp3) is 0.870. The first-order valence-electron chi connectivity index (χ1n) is 10.7. The molecule has 4 aliphatic rings. The monoisotopic (exact) mass is 344 g/mol. The third-order valence-corrected chi connectivity index (χ3v) is 9.15. The van der Waals surface area contributed by atoms with Gasteiger partial charge in [-0.2, -0.15) is 0 Å². The number of allylic oxidation sites excluding steroid dienone is 2. The van der Waals surface area contributed by atoms with Gasteiger partial charge in [0.2, 0.25) is 0 Å². The molecule has 2 nitrogen and oxygen atoms in total.